The molecular formula is C23H20N2O2S2. The van der Waals surface area contributed by atoms with Crippen molar-refractivity contribution in [3.8, 4) is 11.1 Å². The van der Waals surface area contributed by atoms with Crippen LogP contribution in [-0.4, -0.2) is 21.5 Å². The third-order valence-electron chi connectivity index (χ3n) is 4.75. The summed E-state index contributed by atoms with van der Waals surface area (Å²) in [6, 6.07) is 17.5. The first-order valence-electron chi connectivity index (χ1n) is 9.36. The summed E-state index contributed by atoms with van der Waals surface area (Å²) in [5, 5.41) is 3.02. The van der Waals surface area contributed by atoms with Crippen LogP contribution in [0, 0.1) is 0 Å². The van der Waals surface area contributed by atoms with Crippen molar-refractivity contribution < 1.29 is 4.79 Å². The first kappa shape index (κ1) is 19.6. The smallest absolute Gasteiger partial charge is 0.260 e. The van der Waals surface area contributed by atoms with Crippen molar-refractivity contribution >= 4 is 39.1 Å². The van der Waals surface area contributed by atoms with Crippen molar-refractivity contribution in [1.82, 2.24) is 9.97 Å². The van der Waals surface area contributed by atoms with E-state index in [1.54, 1.807) is 0 Å². The Balaban J connectivity index is 1.53. The summed E-state index contributed by atoms with van der Waals surface area (Å²) in [7, 11) is 0. The van der Waals surface area contributed by atoms with Crippen LogP contribution in [0.25, 0.3) is 21.3 Å². The van der Waals surface area contributed by atoms with E-state index < -0.39 is 0 Å². The standard InChI is InChI=1S/C23H20N2O2S2/c1-14(2)15-8-10-17(11-9-15)19(26)13-29-23-24-21(27)20-18(12-28-22(20)25-23)16-6-4-3-5-7-16/h3-12,14H,13H2,1-2H3,(H,24,25,27). The number of H-pyrrole nitrogens is 1. The number of hydrogen-bond acceptors (Lipinski definition) is 5. The second kappa shape index (κ2) is 8.35. The predicted molar refractivity (Wildman–Crippen MR) is 121 cm³/mol. The van der Waals surface area contributed by atoms with Gasteiger partial charge in [0.15, 0.2) is 10.9 Å². The Labute approximate surface area is 177 Å². The molecule has 0 saturated heterocycles. The molecule has 2 aromatic heterocycles. The van der Waals surface area contributed by atoms with E-state index in [0.717, 1.165) is 11.1 Å². The van der Waals surface area contributed by atoms with Crippen molar-refractivity contribution in [2.45, 2.75) is 24.9 Å². The first-order valence-corrected chi connectivity index (χ1v) is 11.2. The Kier molecular flexibility index (Phi) is 5.65. The van der Waals surface area contributed by atoms with Gasteiger partial charge < -0.3 is 4.98 Å². The SMILES string of the molecule is CC(C)c1ccc(C(=O)CSc2nc3scc(-c4ccccc4)c3c(=O)[nH]2)cc1. The first-order chi connectivity index (χ1) is 14.0. The molecule has 2 heterocycles. The van der Waals surface area contributed by atoms with Crippen LogP contribution in [0.4, 0.5) is 0 Å². The second-order valence-electron chi connectivity index (χ2n) is 7.06. The molecule has 1 N–H and O–H groups in total. The molecule has 0 bridgehead atoms. The van der Waals surface area contributed by atoms with Crippen LogP contribution in [0.1, 0.15) is 35.7 Å². The van der Waals surface area contributed by atoms with Gasteiger partial charge in [-0.1, -0.05) is 80.2 Å². The van der Waals surface area contributed by atoms with Crippen LogP contribution >= 0.6 is 23.1 Å². The number of benzene rings is 2. The molecule has 6 heteroatoms. The molecule has 4 rings (SSSR count). The zero-order valence-electron chi connectivity index (χ0n) is 16.1. The van der Waals surface area contributed by atoms with E-state index in [9.17, 15) is 9.59 Å². The lowest BCUT2D eigenvalue weighted by atomic mass is 10.0. The van der Waals surface area contributed by atoms with Crippen molar-refractivity contribution in [2.24, 2.45) is 0 Å². The Morgan fingerprint density at radius 2 is 1.83 bits per heavy atom. The van der Waals surface area contributed by atoms with E-state index in [-0.39, 0.29) is 17.1 Å². The fourth-order valence-electron chi connectivity index (χ4n) is 3.10. The molecule has 0 spiro atoms. The van der Waals surface area contributed by atoms with Crippen LogP contribution in [0.2, 0.25) is 0 Å². The number of nitrogens with one attached hydrogen (secondary N) is 1. The number of aromatic nitrogens is 2. The van der Waals surface area contributed by atoms with Crippen molar-refractivity contribution in [3.05, 3.63) is 81.5 Å². The number of thiophene rings is 1. The molecule has 0 radical (unpaired) electrons. The summed E-state index contributed by atoms with van der Waals surface area (Å²) in [6.45, 7) is 4.25. The minimum atomic E-state index is -0.175. The highest BCUT2D eigenvalue weighted by Crippen LogP contribution is 2.31. The van der Waals surface area contributed by atoms with Gasteiger partial charge in [-0.2, -0.15) is 0 Å². The quantitative estimate of drug-likeness (QED) is 0.245. The van der Waals surface area contributed by atoms with Crippen LogP contribution in [0.3, 0.4) is 0 Å². The average molecular weight is 421 g/mol. The Bertz CT molecular complexity index is 1210. The molecule has 0 amide bonds. The summed E-state index contributed by atoms with van der Waals surface area (Å²) >= 11 is 2.70. The number of hydrogen-bond donors (Lipinski definition) is 1. The van der Waals surface area contributed by atoms with E-state index in [2.05, 4.69) is 23.8 Å². The molecule has 4 aromatic rings. The molecule has 29 heavy (non-hydrogen) atoms. The maximum Gasteiger partial charge on any atom is 0.260 e. The number of aromatic amines is 1. The number of ketones is 1. The Morgan fingerprint density at radius 1 is 1.10 bits per heavy atom. The van der Waals surface area contributed by atoms with E-state index in [0.29, 0.717) is 26.9 Å². The lowest BCUT2D eigenvalue weighted by molar-refractivity contribution is 0.102. The van der Waals surface area contributed by atoms with Crippen LogP contribution in [-0.2, 0) is 0 Å². The zero-order valence-corrected chi connectivity index (χ0v) is 17.8. The molecule has 0 aliphatic heterocycles. The van der Waals surface area contributed by atoms with Crippen molar-refractivity contribution in [3.63, 3.8) is 0 Å². The maximum absolute atomic E-state index is 12.7. The topological polar surface area (TPSA) is 62.8 Å². The minimum absolute atomic E-state index is 0.0178. The van der Waals surface area contributed by atoms with E-state index in [4.69, 9.17) is 0 Å². The molecule has 0 unspecified atom stereocenters. The highest BCUT2D eigenvalue weighted by molar-refractivity contribution is 7.99. The molecule has 0 fully saturated rings. The minimum Gasteiger partial charge on any atom is -0.301 e. The van der Waals surface area contributed by atoms with E-state index in [1.165, 1.54) is 28.7 Å². The molecule has 4 nitrogen and oxygen atoms in total. The Hall–Kier alpha value is -2.70. The van der Waals surface area contributed by atoms with Gasteiger partial charge in [-0.15, -0.1) is 11.3 Å². The monoisotopic (exact) mass is 420 g/mol. The normalized spacial score (nSPS) is 11.3. The van der Waals surface area contributed by atoms with Gasteiger partial charge in [-0.05, 0) is 17.0 Å². The predicted octanol–water partition coefficient (Wildman–Crippen LogP) is 5.75. The highest BCUT2D eigenvalue weighted by atomic mass is 32.2. The van der Waals surface area contributed by atoms with Gasteiger partial charge in [-0.3, -0.25) is 9.59 Å². The summed E-state index contributed by atoms with van der Waals surface area (Å²) in [5.41, 5.74) is 3.58. The van der Waals surface area contributed by atoms with Gasteiger partial charge in [0.25, 0.3) is 5.56 Å². The molecule has 2 aromatic carbocycles. The van der Waals surface area contributed by atoms with Gasteiger partial charge in [0.1, 0.15) is 4.83 Å². The summed E-state index contributed by atoms with van der Waals surface area (Å²) in [4.78, 5) is 33.3. The molecular weight excluding hydrogens is 400 g/mol. The number of Topliss-reactive ketones (excluding diaryl/α,β-unsaturated/α-hetero) is 1. The van der Waals surface area contributed by atoms with Gasteiger partial charge in [-0.25, -0.2) is 4.98 Å². The lowest BCUT2D eigenvalue weighted by Gasteiger charge is -2.06. The number of thioether (sulfide) groups is 1. The fraction of sp³-hybridized carbons (Fsp3) is 0.174. The van der Waals surface area contributed by atoms with Gasteiger partial charge in [0.2, 0.25) is 0 Å². The molecule has 0 aliphatic carbocycles. The van der Waals surface area contributed by atoms with E-state index >= 15 is 0 Å². The number of fused-ring (bicyclic) bond motifs is 1. The van der Waals surface area contributed by atoms with Crippen molar-refractivity contribution in [1.29, 1.82) is 0 Å². The molecule has 0 aliphatic rings. The van der Waals surface area contributed by atoms with Gasteiger partial charge >= 0.3 is 0 Å². The number of rotatable bonds is 6. The second-order valence-corrected chi connectivity index (χ2v) is 8.88. The van der Waals surface area contributed by atoms with Crippen LogP contribution in [0.5, 0.6) is 0 Å². The van der Waals surface area contributed by atoms with E-state index in [1.807, 2.05) is 60.0 Å². The summed E-state index contributed by atoms with van der Waals surface area (Å²) in [5.74, 6) is 0.678. The third kappa shape index (κ3) is 4.18. The molecule has 0 atom stereocenters. The number of carbonyl (C=O) groups is 1. The lowest BCUT2D eigenvalue weighted by Crippen LogP contribution is -2.10. The maximum atomic E-state index is 12.7. The summed E-state index contributed by atoms with van der Waals surface area (Å²) in [6.07, 6.45) is 0. The third-order valence-corrected chi connectivity index (χ3v) is 6.49. The summed E-state index contributed by atoms with van der Waals surface area (Å²) < 4.78 is 0. The molecule has 146 valence electrons. The average Bonchev–Trinajstić information content (AvgIpc) is 3.17. The van der Waals surface area contributed by atoms with Crippen molar-refractivity contribution in [2.75, 3.05) is 5.75 Å². The highest BCUT2D eigenvalue weighted by Gasteiger charge is 2.14. The largest absolute Gasteiger partial charge is 0.301 e. The molecule has 0 saturated carbocycles. The number of carbonyl (C=O) groups excluding carboxylic acids is 1. The van der Waals surface area contributed by atoms with Crippen LogP contribution in [0.15, 0.2) is 69.9 Å². The van der Waals surface area contributed by atoms with Crippen LogP contribution < -0.4 is 5.56 Å². The fourth-order valence-corrected chi connectivity index (χ4v) is 4.86. The van der Waals surface area contributed by atoms with Gasteiger partial charge in [0.05, 0.1) is 11.1 Å². The Morgan fingerprint density at radius 3 is 2.52 bits per heavy atom. The zero-order chi connectivity index (χ0) is 20.4. The number of nitrogens with zero attached hydrogens (tertiary/aromatic N) is 1. The van der Waals surface area contributed by atoms with Gasteiger partial charge in [0, 0.05) is 16.5 Å².